The summed E-state index contributed by atoms with van der Waals surface area (Å²) in [5.41, 5.74) is 4.25. The summed E-state index contributed by atoms with van der Waals surface area (Å²) in [5.74, 6) is 0.187. The Morgan fingerprint density at radius 3 is 2.96 bits per heavy atom. The minimum absolute atomic E-state index is 0.186. The number of carbonyl (C=O) groups is 2. The fourth-order valence-corrected chi connectivity index (χ4v) is 3.60. The van der Waals surface area contributed by atoms with E-state index in [0.29, 0.717) is 23.1 Å². The van der Waals surface area contributed by atoms with Crippen molar-refractivity contribution in [2.24, 2.45) is 11.0 Å². The second-order valence-corrected chi connectivity index (χ2v) is 6.81. The molecule has 7 heteroatoms. The van der Waals surface area contributed by atoms with Crippen molar-refractivity contribution in [2.75, 3.05) is 12.4 Å². The Kier molecular flexibility index (Phi) is 7.59. The van der Waals surface area contributed by atoms with Crippen LogP contribution in [0.5, 0.6) is 0 Å². The summed E-state index contributed by atoms with van der Waals surface area (Å²) >= 11 is 7.55. The zero-order valence-corrected chi connectivity index (χ0v) is 15.2. The fourth-order valence-electron chi connectivity index (χ4n) is 2.49. The van der Waals surface area contributed by atoms with Crippen molar-refractivity contribution in [3.8, 4) is 0 Å². The molecule has 5 nitrogen and oxygen atoms in total. The predicted octanol–water partition coefficient (Wildman–Crippen LogP) is 3.41. The summed E-state index contributed by atoms with van der Waals surface area (Å²) in [6, 6.07) is 7.57. The van der Waals surface area contributed by atoms with Gasteiger partial charge >= 0.3 is 5.97 Å². The summed E-state index contributed by atoms with van der Waals surface area (Å²) in [4.78, 5) is 23.7. The summed E-state index contributed by atoms with van der Waals surface area (Å²) in [6.07, 6.45) is 2.34. The number of hydrogen-bond acceptors (Lipinski definition) is 5. The first kappa shape index (κ1) is 18.8. The van der Waals surface area contributed by atoms with Crippen LogP contribution in [0, 0.1) is 5.92 Å². The van der Waals surface area contributed by atoms with E-state index in [1.54, 1.807) is 6.92 Å². The van der Waals surface area contributed by atoms with Crippen molar-refractivity contribution in [3.05, 3.63) is 34.9 Å². The molecule has 1 saturated carbocycles. The highest BCUT2D eigenvalue weighted by Crippen LogP contribution is 2.24. The van der Waals surface area contributed by atoms with E-state index in [2.05, 4.69) is 10.5 Å². The van der Waals surface area contributed by atoms with Crippen molar-refractivity contribution in [1.29, 1.82) is 0 Å². The molecule has 0 saturated heterocycles. The smallest absolute Gasteiger partial charge is 0.314 e. The molecule has 1 unspecified atom stereocenters. The molecule has 1 amide bonds. The van der Waals surface area contributed by atoms with Gasteiger partial charge in [-0.15, -0.1) is 11.8 Å². The van der Waals surface area contributed by atoms with Gasteiger partial charge in [0.1, 0.15) is 0 Å². The first-order chi connectivity index (χ1) is 11.6. The van der Waals surface area contributed by atoms with E-state index in [-0.39, 0.29) is 23.5 Å². The highest BCUT2D eigenvalue weighted by atomic mass is 35.5. The SMILES string of the molecule is CCOC(=O)C1CCCC1=NNC(=O)CSCc1ccccc1Cl. The van der Waals surface area contributed by atoms with Gasteiger partial charge < -0.3 is 4.74 Å². The van der Waals surface area contributed by atoms with Crippen molar-refractivity contribution in [3.63, 3.8) is 0 Å². The standard InChI is InChI=1S/C17H21ClN2O3S/c1-2-23-17(22)13-7-5-9-15(13)19-20-16(21)11-24-10-12-6-3-4-8-14(12)18/h3-4,6,8,13H,2,5,7,9-11H2,1H3,(H,20,21). The Morgan fingerprint density at radius 2 is 2.21 bits per heavy atom. The van der Waals surface area contributed by atoms with E-state index in [0.717, 1.165) is 24.8 Å². The Morgan fingerprint density at radius 1 is 1.42 bits per heavy atom. The number of esters is 1. The van der Waals surface area contributed by atoms with Crippen LogP contribution in [0.2, 0.25) is 5.02 Å². The van der Waals surface area contributed by atoms with Crippen LogP contribution >= 0.6 is 23.4 Å². The van der Waals surface area contributed by atoms with Crippen molar-refractivity contribution in [1.82, 2.24) is 5.43 Å². The number of ether oxygens (including phenoxy) is 1. The van der Waals surface area contributed by atoms with Crippen LogP contribution in [0.4, 0.5) is 0 Å². The number of amides is 1. The minimum atomic E-state index is -0.318. The molecule has 0 spiro atoms. The first-order valence-electron chi connectivity index (χ1n) is 7.95. The van der Waals surface area contributed by atoms with Gasteiger partial charge in [-0.25, -0.2) is 5.43 Å². The average molecular weight is 369 g/mol. The quantitative estimate of drug-likeness (QED) is 0.591. The molecule has 0 bridgehead atoms. The molecule has 0 aromatic heterocycles. The molecule has 0 aliphatic heterocycles. The third-order valence-electron chi connectivity index (χ3n) is 3.67. The van der Waals surface area contributed by atoms with Crippen LogP contribution in [0.15, 0.2) is 29.4 Å². The maximum Gasteiger partial charge on any atom is 0.314 e. The second-order valence-electron chi connectivity index (χ2n) is 5.42. The van der Waals surface area contributed by atoms with Gasteiger partial charge in [0, 0.05) is 10.8 Å². The lowest BCUT2D eigenvalue weighted by molar-refractivity contribution is -0.145. The van der Waals surface area contributed by atoms with Gasteiger partial charge in [-0.2, -0.15) is 5.10 Å². The molecule has 1 atom stereocenters. The molecule has 0 heterocycles. The van der Waals surface area contributed by atoms with Crippen molar-refractivity contribution < 1.29 is 14.3 Å². The van der Waals surface area contributed by atoms with Crippen LogP contribution in [-0.4, -0.2) is 29.9 Å². The molecule has 1 aromatic rings. The molecule has 1 aliphatic carbocycles. The second kappa shape index (κ2) is 9.69. The van der Waals surface area contributed by atoms with E-state index in [4.69, 9.17) is 16.3 Å². The van der Waals surface area contributed by atoms with Crippen LogP contribution in [0.3, 0.4) is 0 Å². The van der Waals surface area contributed by atoms with Gasteiger partial charge in [0.2, 0.25) is 5.91 Å². The number of thioether (sulfide) groups is 1. The normalized spacial score (nSPS) is 18.6. The number of hydrazone groups is 1. The molecule has 1 aromatic carbocycles. The number of rotatable bonds is 7. The molecule has 1 fully saturated rings. The molecule has 24 heavy (non-hydrogen) atoms. The van der Waals surface area contributed by atoms with Crippen LogP contribution in [-0.2, 0) is 20.1 Å². The van der Waals surface area contributed by atoms with Gasteiger partial charge in [0.25, 0.3) is 0 Å². The number of nitrogens with zero attached hydrogens (tertiary/aromatic N) is 1. The van der Waals surface area contributed by atoms with E-state index in [9.17, 15) is 9.59 Å². The van der Waals surface area contributed by atoms with Crippen LogP contribution in [0.1, 0.15) is 31.7 Å². The number of halogens is 1. The first-order valence-corrected chi connectivity index (χ1v) is 9.48. The van der Waals surface area contributed by atoms with Crippen molar-refractivity contribution >= 4 is 41.0 Å². The van der Waals surface area contributed by atoms with Gasteiger partial charge in [0.05, 0.1) is 24.0 Å². The van der Waals surface area contributed by atoms with Crippen molar-refractivity contribution in [2.45, 2.75) is 31.9 Å². The molecular weight excluding hydrogens is 348 g/mol. The van der Waals surface area contributed by atoms with Gasteiger partial charge in [-0.3, -0.25) is 9.59 Å². The highest BCUT2D eigenvalue weighted by molar-refractivity contribution is 7.99. The van der Waals surface area contributed by atoms with E-state index in [1.807, 2.05) is 24.3 Å². The monoisotopic (exact) mass is 368 g/mol. The molecule has 1 aliphatic rings. The Hall–Kier alpha value is -1.53. The van der Waals surface area contributed by atoms with Gasteiger partial charge in [0.15, 0.2) is 0 Å². The van der Waals surface area contributed by atoms with E-state index in [1.165, 1.54) is 11.8 Å². The maximum atomic E-state index is 11.9. The lowest BCUT2D eigenvalue weighted by Gasteiger charge is -2.10. The lowest BCUT2D eigenvalue weighted by Crippen LogP contribution is -2.26. The molecule has 130 valence electrons. The Labute approximate surface area is 151 Å². The molecular formula is C17H21ClN2O3S. The Bertz CT molecular complexity index is 622. The summed E-state index contributed by atoms with van der Waals surface area (Å²) < 4.78 is 5.04. The molecule has 1 N–H and O–H groups in total. The zero-order chi connectivity index (χ0) is 17.4. The third-order valence-corrected chi connectivity index (χ3v) is 5.02. The molecule has 0 radical (unpaired) electrons. The number of carbonyl (C=O) groups excluding carboxylic acids is 2. The minimum Gasteiger partial charge on any atom is -0.465 e. The number of hydrogen-bond donors (Lipinski definition) is 1. The van der Waals surface area contributed by atoms with Crippen LogP contribution < -0.4 is 5.43 Å². The lowest BCUT2D eigenvalue weighted by atomic mass is 10.1. The van der Waals surface area contributed by atoms with Gasteiger partial charge in [-0.1, -0.05) is 29.8 Å². The number of nitrogens with one attached hydrogen (secondary N) is 1. The Balaban J connectivity index is 1.78. The highest BCUT2D eigenvalue weighted by Gasteiger charge is 2.30. The third kappa shape index (κ3) is 5.53. The van der Waals surface area contributed by atoms with E-state index >= 15 is 0 Å². The topological polar surface area (TPSA) is 67.8 Å². The fraction of sp³-hybridized carbons (Fsp3) is 0.471. The maximum absolute atomic E-state index is 11.9. The van der Waals surface area contributed by atoms with Crippen LogP contribution in [0.25, 0.3) is 0 Å². The summed E-state index contributed by atoms with van der Waals surface area (Å²) in [7, 11) is 0. The zero-order valence-electron chi connectivity index (χ0n) is 13.6. The number of benzene rings is 1. The predicted molar refractivity (Wildman–Crippen MR) is 97.2 cm³/mol. The average Bonchev–Trinajstić information content (AvgIpc) is 3.03. The largest absolute Gasteiger partial charge is 0.465 e. The summed E-state index contributed by atoms with van der Waals surface area (Å²) in [6.45, 7) is 2.13. The molecule has 2 rings (SSSR count). The summed E-state index contributed by atoms with van der Waals surface area (Å²) in [5, 5.41) is 4.83. The van der Waals surface area contributed by atoms with E-state index < -0.39 is 0 Å². The van der Waals surface area contributed by atoms with Gasteiger partial charge in [-0.05, 0) is 37.8 Å².